The molecule has 0 spiro atoms. The summed E-state index contributed by atoms with van der Waals surface area (Å²) in [6, 6.07) is 10.7. The number of hydrogen-bond donors (Lipinski definition) is 1. The molecule has 1 aromatic heterocycles. The average molecular weight is 481 g/mol. The number of nitrogens with one attached hydrogen (secondary N) is 1. The Hall–Kier alpha value is -2.12. The molecule has 154 valence electrons. The molecule has 9 heteroatoms. The molecule has 1 amide bonds. The van der Waals surface area contributed by atoms with Crippen molar-refractivity contribution < 1.29 is 9.63 Å². The van der Waals surface area contributed by atoms with Crippen LogP contribution in [-0.4, -0.2) is 16.6 Å². The number of aromatic nitrogens is 1. The highest BCUT2D eigenvalue weighted by Gasteiger charge is 2.37. The van der Waals surface area contributed by atoms with E-state index >= 15 is 0 Å². The highest BCUT2D eigenvalue weighted by atomic mass is 35.5. The average Bonchev–Trinajstić information content (AvgIpc) is 3.40. The molecule has 2 aromatic carbocycles. The van der Waals surface area contributed by atoms with Gasteiger partial charge < -0.3 is 10.2 Å². The van der Waals surface area contributed by atoms with Crippen LogP contribution in [0, 0.1) is 0 Å². The van der Waals surface area contributed by atoms with Gasteiger partial charge >= 0.3 is 0 Å². The molecule has 1 aliphatic heterocycles. The standard InChI is InChI=1S/C21H16Cl3N3O2S/c1-21(14-6-16(22)19(24)17(23)7-14)8-18(27-29-21)12-2-4-13(5-3-12)20(28)25-9-15-10-30-11-26-15/h2-7,10-11H,8-9H2,1H3,(H,25,28). The fraction of sp³-hybridized carbons (Fsp3) is 0.190. The van der Waals surface area contributed by atoms with Crippen LogP contribution in [0.5, 0.6) is 0 Å². The summed E-state index contributed by atoms with van der Waals surface area (Å²) in [4.78, 5) is 22.2. The summed E-state index contributed by atoms with van der Waals surface area (Å²) in [6.45, 7) is 2.31. The van der Waals surface area contributed by atoms with E-state index in [1.807, 2.05) is 24.4 Å². The third-order valence-corrected chi connectivity index (χ3v) is 6.68. The van der Waals surface area contributed by atoms with Crippen molar-refractivity contribution in [1.29, 1.82) is 0 Å². The van der Waals surface area contributed by atoms with E-state index in [4.69, 9.17) is 39.6 Å². The third kappa shape index (κ3) is 4.32. The van der Waals surface area contributed by atoms with Crippen molar-refractivity contribution in [1.82, 2.24) is 10.3 Å². The second-order valence-corrected chi connectivity index (χ2v) is 8.94. The van der Waals surface area contributed by atoms with Gasteiger partial charge in [0, 0.05) is 22.9 Å². The lowest BCUT2D eigenvalue weighted by atomic mass is 9.89. The number of halogens is 3. The molecule has 0 fully saturated rings. The number of rotatable bonds is 5. The van der Waals surface area contributed by atoms with Gasteiger partial charge in [0.15, 0.2) is 5.60 Å². The normalized spacial score (nSPS) is 18.1. The number of carbonyl (C=O) groups is 1. The quantitative estimate of drug-likeness (QED) is 0.451. The number of benzene rings is 2. The predicted octanol–water partition coefficient (Wildman–Crippen LogP) is 6.07. The summed E-state index contributed by atoms with van der Waals surface area (Å²) in [5.74, 6) is -0.158. The van der Waals surface area contributed by atoms with E-state index in [2.05, 4.69) is 15.5 Å². The summed E-state index contributed by atoms with van der Waals surface area (Å²) in [5, 5.41) is 10.1. The van der Waals surface area contributed by atoms with E-state index in [-0.39, 0.29) is 5.91 Å². The van der Waals surface area contributed by atoms with Crippen LogP contribution in [0.15, 0.2) is 52.4 Å². The van der Waals surface area contributed by atoms with Gasteiger partial charge in [-0.15, -0.1) is 11.3 Å². The van der Waals surface area contributed by atoms with Crippen LogP contribution < -0.4 is 5.32 Å². The highest BCUT2D eigenvalue weighted by molar-refractivity contribution is 7.07. The van der Waals surface area contributed by atoms with Gasteiger partial charge in [-0.3, -0.25) is 4.79 Å². The Labute approximate surface area is 192 Å². The molecule has 30 heavy (non-hydrogen) atoms. The molecular weight excluding hydrogens is 465 g/mol. The number of thiazole rings is 1. The number of amides is 1. The molecule has 0 bridgehead atoms. The number of carbonyl (C=O) groups excluding carboxylic acids is 1. The molecule has 1 unspecified atom stereocenters. The first kappa shape index (κ1) is 21.1. The molecule has 4 rings (SSSR count). The SMILES string of the molecule is CC1(c2cc(Cl)c(Cl)c(Cl)c2)CC(c2ccc(C(=O)NCc3cscn3)cc2)=NO1. The summed E-state index contributed by atoms with van der Waals surface area (Å²) < 4.78 is 0. The second kappa shape index (κ2) is 8.55. The fourth-order valence-corrected chi connectivity index (χ4v) is 4.28. The van der Waals surface area contributed by atoms with Crippen molar-refractivity contribution in [3.8, 4) is 0 Å². The minimum Gasteiger partial charge on any atom is -0.384 e. The van der Waals surface area contributed by atoms with E-state index in [0.717, 1.165) is 22.5 Å². The van der Waals surface area contributed by atoms with E-state index < -0.39 is 5.60 Å². The van der Waals surface area contributed by atoms with Crippen LogP contribution in [0.4, 0.5) is 0 Å². The topological polar surface area (TPSA) is 63.6 Å². The lowest BCUT2D eigenvalue weighted by molar-refractivity contribution is -0.00737. The van der Waals surface area contributed by atoms with Crippen LogP contribution in [0.25, 0.3) is 0 Å². The molecule has 0 aliphatic carbocycles. The van der Waals surface area contributed by atoms with E-state index in [1.165, 1.54) is 11.3 Å². The molecule has 3 aromatic rings. The molecule has 0 saturated heterocycles. The maximum Gasteiger partial charge on any atom is 0.251 e. The molecule has 1 N–H and O–H groups in total. The maximum absolute atomic E-state index is 12.3. The number of oxime groups is 1. The van der Waals surface area contributed by atoms with Crippen LogP contribution >= 0.6 is 46.1 Å². The molecule has 0 saturated carbocycles. The lowest BCUT2D eigenvalue weighted by Crippen LogP contribution is -2.23. The van der Waals surface area contributed by atoms with E-state index in [0.29, 0.717) is 33.6 Å². The lowest BCUT2D eigenvalue weighted by Gasteiger charge is -2.22. The second-order valence-electron chi connectivity index (χ2n) is 7.03. The molecule has 1 atom stereocenters. The number of nitrogens with zero attached hydrogens (tertiary/aromatic N) is 2. The van der Waals surface area contributed by atoms with Gasteiger partial charge in [0.1, 0.15) is 0 Å². The predicted molar refractivity (Wildman–Crippen MR) is 121 cm³/mol. The maximum atomic E-state index is 12.3. The minimum absolute atomic E-state index is 0.158. The van der Waals surface area contributed by atoms with Crippen LogP contribution in [0.3, 0.4) is 0 Å². The zero-order valence-electron chi connectivity index (χ0n) is 15.8. The van der Waals surface area contributed by atoms with Crippen molar-refractivity contribution in [3.05, 3.63) is 84.7 Å². The first-order valence-corrected chi connectivity index (χ1v) is 11.1. The van der Waals surface area contributed by atoms with Crippen molar-refractivity contribution in [2.75, 3.05) is 0 Å². The fourth-order valence-electron chi connectivity index (χ4n) is 3.12. The summed E-state index contributed by atoms with van der Waals surface area (Å²) in [6.07, 6.45) is 0.524. The Bertz CT molecular complexity index is 1090. The third-order valence-electron chi connectivity index (χ3n) is 4.85. The van der Waals surface area contributed by atoms with Gasteiger partial charge in [0.25, 0.3) is 5.91 Å². The van der Waals surface area contributed by atoms with Gasteiger partial charge in [0.2, 0.25) is 0 Å². The Balaban J connectivity index is 1.44. The molecule has 5 nitrogen and oxygen atoms in total. The summed E-state index contributed by atoms with van der Waals surface area (Å²) >= 11 is 19.9. The highest BCUT2D eigenvalue weighted by Crippen LogP contribution is 2.41. The van der Waals surface area contributed by atoms with Crippen LogP contribution in [-0.2, 0) is 17.0 Å². The van der Waals surface area contributed by atoms with Gasteiger partial charge in [-0.2, -0.15) is 0 Å². The van der Waals surface area contributed by atoms with Gasteiger partial charge in [-0.05, 0) is 36.8 Å². The van der Waals surface area contributed by atoms with E-state index in [9.17, 15) is 4.79 Å². The van der Waals surface area contributed by atoms with Gasteiger partial charge in [0.05, 0.1) is 38.5 Å². The molecule has 2 heterocycles. The number of hydrogen-bond acceptors (Lipinski definition) is 5. The Kier molecular flexibility index (Phi) is 6.02. The monoisotopic (exact) mass is 479 g/mol. The van der Waals surface area contributed by atoms with Crippen LogP contribution in [0.2, 0.25) is 15.1 Å². The smallest absolute Gasteiger partial charge is 0.251 e. The van der Waals surface area contributed by atoms with Gasteiger partial charge in [-0.25, -0.2) is 4.98 Å². The Morgan fingerprint density at radius 2 is 1.90 bits per heavy atom. The van der Waals surface area contributed by atoms with E-state index in [1.54, 1.807) is 29.8 Å². The zero-order chi connectivity index (χ0) is 21.3. The summed E-state index contributed by atoms with van der Waals surface area (Å²) in [7, 11) is 0. The Morgan fingerprint density at radius 1 is 1.20 bits per heavy atom. The van der Waals surface area contributed by atoms with Crippen molar-refractivity contribution in [2.24, 2.45) is 5.16 Å². The van der Waals surface area contributed by atoms with Crippen molar-refractivity contribution in [3.63, 3.8) is 0 Å². The van der Waals surface area contributed by atoms with Crippen LogP contribution in [0.1, 0.15) is 40.5 Å². The largest absolute Gasteiger partial charge is 0.384 e. The summed E-state index contributed by atoms with van der Waals surface area (Å²) in [5.41, 5.74) is 4.86. The van der Waals surface area contributed by atoms with Gasteiger partial charge in [-0.1, -0.05) is 52.1 Å². The van der Waals surface area contributed by atoms with Crippen molar-refractivity contribution in [2.45, 2.75) is 25.5 Å². The first-order valence-electron chi connectivity index (χ1n) is 9.01. The van der Waals surface area contributed by atoms with Crippen molar-refractivity contribution >= 4 is 57.8 Å². The zero-order valence-corrected chi connectivity index (χ0v) is 18.9. The Morgan fingerprint density at radius 3 is 2.53 bits per heavy atom. The minimum atomic E-state index is -0.712. The molecular formula is C21H16Cl3N3O2S. The molecule has 0 radical (unpaired) electrons. The first-order chi connectivity index (χ1) is 14.4. The molecule has 1 aliphatic rings.